The Kier molecular flexibility index (Phi) is 4.40. The van der Waals surface area contributed by atoms with Crippen LogP contribution in [-0.4, -0.2) is 26.3 Å². The van der Waals surface area contributed by atoms with Gasteiger partial charge in [-0.2, -0.15) is 0 Å². The van der Waals surface area contributed by atoms with E-state index in [-0.39, 0.29) is 22.3 Å². The second-order valence-corrected chi connectivity index (χ2v) is 6.41. The van der Waals surface area contributed by atoms with E-state index in [1.807, 2.05) is 31.2 Å². The Hall–Kier alpha value is -4.27. The predicted octanol–water partition coefficient (Wildman–Crippen LogP) is 4.55. The van der Waals surface area contributed by atoms with E-state index in [0.29, 0.717) is 16.9 Å². The monoisotopic (exact) mass is 390 g/mol. The standard InChI is InChI=1S/C20H14N4O5/c1-11-3-2-4-12(9-11)15-10-13(5-6-14(15)20(25)26)21-16-7-8-17(24(27)28)19-18(16)22-29-23-19/h2-10,21H,1H3,(H,25,26). The summed E-state index contributed by atoms with van der Waals surface area (Å²) in [7, 11) is 0. The Labute approximate surface area is 163 Å². The minimum atomic E-state index is -1.04. The smallest absolute Gasteiger partial charge is 0.336 e. The van der Waals surface area contributed by atoms with Crippen LogP contribution in [0.15, 0.2) is 59.2 Å². The predicted molar refractivity (Wildman–Crippen MR) is 105 cm³/mol. The number of carbonyl (C=O) groups is 1. The molecule has 144 valence electrons. The van der Waals surface area contributed by atoms with Crippen LogP contribution in [0.4, 0.5) is 17.1 Å². The Bertz CT molecular complexity index is 1260. The van der Waals surface area contributed by atoms with Gasteiger partial charge in [-0.05, 0) is 52.6 Å². The number of carboxylic acids is 1. The lowest BCUT2D eigenvalue weighted by atomic mass is 9.97. The van der Waals surface area contributed by atoms with Gasteiger partial charge in [0, 0.05) is 11.8 Å². The number of aryl methyl sites for hydroxylation is 1. The summed E-state index contributed by atoms with van der Waals surface area (Å²) in [5.41, 5.74) is 3.54. The van der Waals surface area contributed by atoms with Crippen molar-refractivity contribution in [2.75, 3.05) is 5.32 Å². The average molecular weight is 390 g/mol. The van der Waals surface area contributed by atoms with E-state index in [2.05, 4.69) is 20.3 Å². The zero-order valence-corrected chi connectivity index (χ0v) is 15.1. The van der Waals surface area contributed by atoms with Gasteiger partial charge in [0.15, 0.2) is 5.52 Å². The summed E-state index contributed by atoms with van der Waals surface area (Å²) in [6.45, 7) is 1.93. The zero-order valence-electron chi connectivity index (χ0n) is 15.1. The van der Waals surface area contributed by atoms with Crippen molar-refractivity contribution in [3.63, 3.8) is 0 Å². The van der Waals surface area contributed by atoms with Crippen LogP contribution in [-0.2, 0) is 0 Å². The molecule has 0 saturated heterocycles. The molecule has 0 aliphatic heterocycles. The summed E-state index contributed by atoms with van der Waals surface area (Å²) < 4.78 is 4.67. The van der Waals surface area contributed by atoms with Crippen LogP contribution < -0.4 is 5.32 Å². The van der Waals surface area contributed by atoms with Crippen molar-refractivity contribution < 1.29 is 19.5 Å². The number of carboxylic acid groups (broad SMARTS) is 1. The number of non-ortho nitro benzene ring substituents is 1. The average Bonchev–Trinajstić information content (AvgIpc) is 3.18. The molecule has 0 fully saturated rings. The van der Waals surface area contributed by atoms with Crippen LogP contribution in [0.2, 0.25) is 0 Å². The van der Waals surface area contributed by atoms with Crippen molar-refractivity contribution in [3.8, 4) is 11.1 Å². The molecule has 4 rings (SSSR count). The first-order valence-electron chi connectivity index (χ1n) is 8.55. The van der Waals surface area contributed by atoms with Gasteiger partial charge in [0.2, 0.25) is 5.52 Å². The molecule has 0 aliphatic carbocycles. The van der Waals surface area contributed by atoms with Gasteiger partial charge >= 0.3 is 11.7 Å². The van der Waals surface area contributed by atoms with Crippen LogP contribution in [0.5, 0.6) is 0 Å². The van der Waals surface area contributed by atoms with E-state index >= 15 is 0 Å². The van der Waals surface area contributed by atoms with E-state index in [9.17, 15) is 20.0 Å². The molecule has 0 atom stereocenters. The van der Waals surface area contributed by atoms with Gasteiger partial charge in [0.25, 0.3) is 0 Å². The number of anilines is 2. The fourth-order valence-corrected chi connectivity index (χ4v) is 3.12. The second-order valence-electron chi connectivity index (χ2n) is 6.41. The number of aromatic carboxylic acids is 1. The third-order valence-electron chi connectivity index (χ3n) is 4.45. The van der Waals surface area contributed by atoms with Gasteiger partial charge in [-0.25, -0.2) is 9.42 Å². The Morgan fingerprint density at radius 1 is 1.10 bits per heavy atom. The van der Waals surface area contributed by atoms with Gasteiger partial charge in [0.05, 0.1) is 16.2 Å². The summed E-state index contributed by atoms with van der Waals surface area (Å²) in [6.07, 6.45) is 0. The molecule has 0 aliphatic rings. The van der Waals surface area contributed by atoms with Crippen LogP contribution in [0.3, 0.4) is 0 Å². The first kappa shape index (κ1) is 18.1. The molecular weight excluding hydrogens is 376 g/mol. The molecule has 4 aromatic rings. The number of aromatic nitrogens is 2. The summed E-state index contributed by atoms with van der Waals surface area (Å²) in [5.74, 6) is -1.04. The van der Waals surface area contributed by atoms with Crippen molar-refractivity contribution in [1.82, 2.24) is 10.3 Å². The third-order valence-corrected chi connectivity index (χ3v) is 4.45. The summed E-state index contributed by atoms with van der Waals surface area (Å²) in [5, 5.41) is 31.2. The van der Waals surface area contributed by atoms with Crippen LogP contribution >= 0.6 is 0 Å². The second kappa shape index (κ2) is 7.04. The van der Waals surface area contributed by atoms with Crippen molar-refractivity contribution in [2.24, 2.45) is 0 Å². The van der Waals surface area contributed by atoms with Crippen LogP contribution in [0, 0.1) is 17.0 Å². The van der Waals surface area contributed by atoms with E-state index in [1.165, 1.54) is 18.2 Å². The minimum absolute atomic E-state index is 0.0288. The third kappa shape index (κ3) is 3.36. The number of nitrogens with one attached hydrogen (secondary N) is 1. The fourth-order valence-electron chi connectivity index (χ4n) is 3.12. The lowest BCUT2D eigenvalue weighted by molar-refractivity contribution is -0.383. The van der Waals surface area contributed by atoms with E-state index < -0.39 is 10.9 Å². The zero-order chi connectivity index (χ0) is 20.5. The molecule has 9 nitrogen and oxygen atoms in total. The molecule has 29 heavy (non-hydrogen) atoms. The summed E-state index contributed by atoms with van der Waals surface area (Å²) in [6, 6.07) is 15.2. The minimum Gasteiger partial charge on any atom is -0.478 e. The molecule has 0 unspecified atom stereocenters. The van der Waals surface area contributed by atoms with Crippen molar-refractivity contribution >= 4 is 34.1 Å². The number of nitrogens with zero attached hydrogens (tertiary/aromatic N) is 3. The van der Waals surface area contributed by atoms with Crippen molar-refractivity contribution in [2.45, 2.75) is 6.92 Å². The Balaban J connectivity index is 1.79. The molecule has 0 saturated carbocycles. The number of nitro groups is 1. The fraction of sp³-hybridized carbons (Fsp3) is 0.0500. The number of hydrogen-bond donors (Lipinski definition) is 2. The van der Waals surface area contributed by atoms with Crippen LogP contribution in [0.25, 0.3) is 22.2 Å². The molecule has 1 heterocycles. The highest BCUT2D eigenvalue weighted by atomic mass is 16.6. The highest BCUT2D eigenvalue weighted by molar-refractivity contribution is 5.98. The maximum absolute atomic E-state index is 11.7. The van der Waals surface area contributed by atoms with Crippen molar-refractivity contribution in [3.05, 3.63) is 75.8 Å². The molecule has 1 aromatic heterocycles. The lowest BCUT2D eigenvalue weighted by Gasteiger charge is -2.12. The molecule has 0 radical (unpaired) electrons. The quantitative estimate of drug-likeness (QED) is 0.375. The van der Waals surface area contributed by atoms with Gasteiger partial charge in [0.1, 0.15) is 0 Å². The molecule has 2 N–H and O–H groups in total. The highest BCUT2D eigenvalue weighted by Crippen LogP contribution is 2.33. The Morgan fingerprint density at radius 2 is 1.90 bits per heavy atom. The lowest BCUT2D eigenvalue weighted by Crippen LogP contribution is -2.01. The van der Waals surface area contributed by atoms with Gasteiger partial charge < -0.3 is 10.4 Å². The first-order valence-corrected chi connectivity index (χ1v) is 8.55. The highest BCUT2D eigenvalue weighted by Gasteiger charge is 2.20. The maximum atomic E-state index is 11.7. The maximum Gasteiger partial charge on any atom is 0.336 e. The van der Waals surface area contributed by atoms with E-state index in [4.69, 9.17) is 0 Å². The normalized spacial score (nSPS) is 10.8. The molecule has 9 heteroatoms. The number of fused-ring (bicyclic) bond motifs is 1. The summed E-state index contributed by atoms with van der Waals surface area (Å²) in [4.78, 5) is 22.2. The van der Waals surface area contributed by atoms with Gasteiger partial charge in [-0.3, -0.25) is 10.1 Å². The largest absolute Gasteiger partial charge is 0.478 e. The molecule has 0 spiro atoms. The number of benzene rings is 3. The molecular formula is C20H14N4O5. The Morgan fingerprint density at radius 3 is 2.62 bits per heavy atom. The molecule has 3 aromatic carbocycles. The van der Waals surface area contributed by atoms with E-state index in [0.717, 1.165) is 11.1 Å². The van der Waals surface area contributed by atoms with Crippen molar-refractivity contribution in [1.29, 1.82) is 0 Å². The number of hydrogen-bond acceptors (Lipinski definition) is 7. The first-order chi connectivity index (χ1) is 13.9. The molecule has 0 bridgehead atoms. The number of nitro benzene ring substituents is 1. The SMILES string of the molecule is Cc1cccc(-c2cc(Nc3ccc([N+](=O)[O-])c4nonc34)ccc2C(=O)O)c1. The molecule has 0 amide bonds. The van der Waals surface area contributed by atoms with E-state index in [1.54, 1.807) is 12.1 Å². The topological polar surface area (TPSA) is 131 Å². The van der Waals surface area contributed by atoms with Gasteiger partial charge in [-0.1, -0.05) is 29.8 Å². The number of rotatable bonds is 5. The van der Waals surface area contributed by atoms with Crippen LogP contribution in [0.1, 0.15) is 15.9 Å². The van der Waals surface area contributed by atoms with Gasteiger partial charge in [-0.15, -0.1) is 0 Å². The summed E-state index contributed by atoms with van der Waals surface area (Å²) >= 11 is 0.